The van der Waals surface area contributed by atoms with Gasteiger partial charge in [-0.05, 0) is 24.8 Å². The maximum Gasteiger partial charge on any atom is 0.307 e. The molecule has 93 valence electrons. The largest absolute Gasteiger partial charge is 0.481 e. The highest BCUT2D eigenvalue weighted by molar-refractivity contribution is 5.76. The second-order valence-corrected chi connectivity index (χ2v) is 4.33. The number of carboxylic acid groups (broad SMARTS) is 1. The van der Waals surface area contributed by atoms with Crippen LogP contribution in [-0.2, 0) is 11.2 Å². The molecule has 1 aromatic carbocycles. The molecule has 0 saturated heterocycles. The molecule has 0 aliphatic heterocycles. The number of aryl methyl sites for hydroxylation is 1. The molecule has 17 heavy (non-hydrogen) atoms. The minimum atomic E-state index is -0.797. The third-order valence-corrected chi connectivity index (χ3v) is 2.83. The van der Waals surface area contributed by atoms with Gasteiger partial charge in [-0.3, -0.25) is 4.79 Å². The Morgan fingerprint density at radius 3 is 2.35 bits per heavy atom. The topological polar surface area (TPSA) is 37.3 Å². The first-order valence-corrected chi connectivity index (χ1v) is 6.39. The van der Waals surface area contributed by atoms with Gasteiger partial charge in [0.05, 0.1) is 6.42 Å². The number of hydrogen-bond donors (Lipinski definition) is 1. The highest BCUT2D eigenvalue weighted by Gasteiger charge is 1.97. The van der Waals surface area contributed by atoms with Crippen molar-refractivity contribution in [1.82, 2.24) is 0 Å². The van der Waals surface area contributed by atoms with Crippen molar-refractivity contribution in [1.29, 1.82) is 0 Å². The molecule has 0 aliphatic rings. The summed E-state index contributed by atoms with van der Waals surface area (Å²) < 4.78 is 0. The molecule has 0 aromatic heterocycles. The lowest BCUT2D eigenvalue weighted by molar-refractivity contribution is -0.133. The van der Waals surface area contributed by atoms with Crippen LogP contribution in [0.25, 0.3) is 0 Å². The van der Waals surface area contributed by atoms with E-state index in [-0.39, 0.29) is 0 Å². The number of aliphatic carboxylic acids is 1. The standard InChI is InChI=1S/C15H21O2/c16-15(17)13-9-4-2-1-3-6-10-14-11-7-5-8-12-14/h5,7-8,11-13H,1-4,6,9-10H2,(H,16,17). The van der Waals surface area contributed by atoms with E-state index in [1.165, 1.54) is 31.2 Å². The predicted molar refractivity (Wildman–Crippen MR) is 69.8 cm³/mol. The summed E-state index contributed by atoms with van der Waals surface area (Å²) in [5.41, 5.74) is 1.41. The van der Waals surface area contributed by atoms with Crippen molar-refractivity contribution >= 4 is 5.97 Å². The second kappa shape index (κ2) is 8.80. The van der Waals surface area contributed by atoms with Crippen molar-refractivity contribution in [2.45, 2.75) is 44.9 Å². The van der Waals surface area contributed by atoms with Crippen molar-refractivity contribution < 1.29 is 9.90 Å². The Labute approximate surface area is 104 Å². The first kappa shape index (κ1) is 13.8. The van der Waals surface area contributed by atoms with Crippen LogP contribution in [0.3, 0.4) is 0 Å². The lowest BCUT2D eigenvalue weighted by Gasteiger charge is -2.01. The zero-order valence-corrected chi connectivity index (χ0v) is 10.3. The van der Waals surface area contributed by atoms with Crippen LogP contribution in [0.1, 0.15) is 44.1 Å². The van der Waals surface area contributed by atoms with Gasteiger partial charge in [-0.2, -0.15) is 0 Å². The van der Waals surface area contributed by atoms with E-state index in [0.29, 0.717) is 6.42 Å². The van der Waals surface area contributed by atoms with E-state index >= 15 is 0 Å². The van der Waals surface area contributed by atoms with E-state index in [1.807, 2.05) is 6.07 Å². The Bertz CT molecular complexity index is 306. The number of hydrogen-bond acceptors (Lipinski definition) is 1. The number of carboxylic acids is 1. The zero-order chi connectivity index (χ0) is 12.3. The second-order valence-electron chi connectivity index (χ2n) is 4.33. The Balaban J connectivity index is 1.90. The van der Waals surface area contributed by atoms with Gasteiger partial charge in [0, 0.05) is 0 Å². The van der Waals surface area contributed by atoms with Gasteiger partial charge in [0.2, 0.25) is 0 Å². The molecule has 1 radical (unpaired) electrons. The van der Waals surface area contributed by atoms with Gasteiger partial charge in [-0.15, -0.1) is 0 Å². The fourth-order valence-corrected chi connectivity index (χ4v) is 1.87. The normalized spacial score (nSPS) is 10.4. The van der Waals surface area contributed by atoms with E-state index in [2.05, 4.69) is 24.3 Å². The van der Waals surface area contributed by atoms with Crippen LogP contribution in [0.15, 0.2) is 30.3 Å². The summed E-state index contributed by atoms with van der Waals surface area (Å²) in [6, 6.07) is 10.5. The van der Waals surface area contributed by atoms with Crippen LogP contribution >= 0.6 is 0 Å². The molecule has 0 atom stereocenters. The van der Waals surface area contributed by atoms with Gasteiger partial charge in [0.25, 0.3) is 0 Å². The fourth-order valence-electron chi connectivity index (χ4n) is 1.87. The Hall–Kier alpha value is -1.31. The average Bonchev–Trinajstić information content (AvgIpc) is 2.33. The van der Waals surface area contributed by atoms with Crippen LogP contribution in [0.4, 0.5) is 0 Å². The highest BCUT2D eigenvalue weighted by Crippen LogP contribution is 2.10. The van der Waals surface area contributed by atoms with Crippen molar-refractivity contribution in [2.75, 3.05) is 0 Å². The van der Waals surface area contributed by atoms with E-state index in [1.54, 1.807) is 0 Å². The predicted octanol–water partition coefficient (Wildman–Crippen LogP) is 3.86. The van der Waals surface area contributed by atoms with Crippen LogP contribution in [0.2, 0.25) is 0 Å². The minimum Gasteiger partial charge on any atom is -0.481 e. The summed E-state index contributed by atoms with van der Waals surface area (Å²) in [4.78, 5) is 10.2. The molecule has 1 rings (SSSR count). The molecule has 0 unspecified atom stereocenters. The summed E-state index contributed by atoms with van der Waals surface area (Å²) in [6.45, 7) is 0. The molecular formula is C15H21O2. The van der Waals surface area contributed by atoms with E-state index in [0.717, 1.165) is 19.3 Å². The van der Waals surface area contributed by atoms with Crippen LogP contribution in [0.5, 0.6) is 0 Å². The molecule has 0 spiro atoms. The highest BCUT2D eigenvalue weighted by atomic mass is 16.4. The molecule has 0 amide bonds. The molecule has 0 aliphatic carbocycles. The number of carbonyl (C=O) groups is 1. The third-order valence-electron chi connectivity index (χ3n) is 2.83. The lowest BCUT2D eigenvalue weighted by Crippen LogP contribution is -1.94. The molecule has 0 saturated carbocycles. The smallest absolute Gasteiger partial charge is 0.307 e. The van der Waals surface area contributed by atoms with Gasteiger partial charge in [-0.25, -0.2) is 0 Å². The van der Waals surface area contributed by atoms with Crippen molar-refractivity contribution in [2.24, 2.45) is 0 Å². The van der Waals surface area contributed by atoms with Crippen LogP contribution in [-0.4, -0.2) is 11.1 Å². The molecule has 0 bridgehead atoms. The van der Waals surface area contributed by atoms with Crippen molar-refractivity contribution in [3.05, 3.63) is 42.3 Å². The zero-order valence-electron chi connectivity index (χ0n) is 10.3. The number of unbranched alkanes of at least 4 members (excludes halogenated alkanes) is 5. The summed E-state index contributed by atoms with van der Waals surface area (Å²) in [5.74, 6) is -0.797. The van der Waals surface area contributed by atoms with Crippen molar-refractivity contribution in [3.8, 4) is 0 Å². The van der Waals surface area contributed by atoms with Crippen LogP contribution in [0, 0.1) is 6.42 Å². The Morgan fingerprint density at radius 1 is 1.00 bits per heavy atom. The summed E-state index contributed by atoms with van der Waals surface area (Å²) in [7, 11) is 0. The SMILES string of the molecule is O=C(O)[CH]CCCCCCCc1ccccc1. The molecular weight excluding hydrogens is 212 g/mol. The monoisotopic (exact) mass is 233 g/mol. The quantitative estimate of drug-likeness (QED) is 0.658. The van der Waals surface area contributed by atoms with E-state index in [9.17, 15) is 4.79 Å². The maximum absolute atomic E-state index is 10.2. The van der Waals surface area contributed by atoms with Gasteiger partial charge in [0.15, 0.2) is 0 Å². The fraction of sp³-hybridized carbons (Fsp3) is 0.467. The molecule has 0 fully saturated rings. The van der Waals surface area contributed by atoms with Gasteiger partial charge in [-0.1, -0.05) is 56.0 Å². The first-order valence-electron chi connectivity index (χ1n) is 6.39. The minimum absolute atomic E-state index is 0.702. The van der Waals surface area contributed by atoms with Gasteiger partial charge in [0.1, 0.15) is 0 Å². The molecule has 1 aromatic rings. The summed E-state index contributed by atoms with van der Waals surface area (Å²) in [5, 5.41) is 8.42. The third kappa shape index (κ3) is 7.56. The molecule has 2 heteroatoms. The van der Waals surface area contributed by atoms with Crippen molar-refractivity contribution in [3.63, 3.8) is 0 Å². The number of rotatable bonds is 9. The summed E-state index contributed by atoms with van der Waals surface area (Å²) >= 11 is 0. The average molecular weight is 233 g/mol. The Morgan fingerprint density at radius 2 is 1.65 bits per heavy atom. The summed E-state index contributed by atoms with van der Waals surface area (Å²) in [6.07, 6.45) is 9.02. The first-order chi connectivity index (χ1) is 8.29. The Kier molecular flexibility index (Phi) is 7.12. The maximum atomic E-state index is 10.2. The van der Waals surface area contributed by atoms with E-state index in [4.69, 9.17) is 5.11 Å². The molecule has 2 nitrogen and oxygen atoms in total. The van der Waals surface area contributed by atoms with Gasteiger partial charge < -0.3 is 5.11 Å². The van der Waals surface area contributed by atoms with Gasteiger partial charge >= 0.3 is 5.97 Å². The molecule has 0 heterocycles. The lowest BCUT2D eigenvalue weighted by atomic mass is 10.0. The number of benzene rings is 1. The molecule has 1 N–H and O–H groups in total. The van der Waals surface area contributed by atoms with E-state index < -0.39 is 5.97 Å². The van der Waals surface area contributed by atoms with Crippen LogP contribution < -0.4 is 0 Å².